The van der Waals surface area contributed by atoms with E-state index in [9.17, 15) is 10.1 Å². The standard InChI is InChI=1S/C21H27N3O2/c22-13-18-6-3-11-24(18)21(25)20-10-8-17(23-20)14-26-19-9-7-15-4-1-2-5-16(15)12-19/h7,9,12,17-18,20,23H,1-6,8,10-11,14H2/t17-,18+,20+/m1/s1. The van der Waals surface area contributed by atoms with Gasteiger partial charge in [-0.15, -0.1) is 0 Å². The number of hydrogen-bond acceptors (Lipinski definition) is 4. The number of amides is 1. The van der Waals surface area contributed by atoms with Gasteiger partial charge in [-0.3, -0.25) is 10.1 Å². The topological polar surface area (TPSA) is 65.4 Å². The first-order chi connectivity index (χ1) is 12.7. The van der Waals surface area contributed by atoms with Crippen LogP contribution in [0.4, 0.5) is 0 Å². The molecule has 1 amide bonds. The summed E-state index contributed by atoms with van der Waals surface area (Å²) in [6.45, 7) is 1.30. The monoisotopic (exact) mass is 353 g/mol. The van der Waals surface area contributed by atoms with Crippen molar-refractivity contribution in [1.29, 1.82) is 5.26 Å². The smallest absolute Gasteiger partial charge is 0.240 e. The third kappa shape index (κ3) is 3.57. The van der Waals surface area contributed by atoms with Crippen molar-refractivity contribution in [1.82, 2.24) is 10.2 Å². The van der Waals surface area contributed by atoms with E-state index >= 15 is 0 Å². The van der Waals surface area contributed by atoms with Crippen LogP contribution >= 0.6 is 0 Å². The summed E-state index contributed by atoms with van der Waals surface area (Å²) in [4.78, 5) is 14.4. The molecule has 0 bridgehead atoms. The number of hydrogen-bond donors (Lipinski definition) is 1. The van der Waals surface area contributed by atoms with Gasteiger partial charge in [0.05, 0.1) is 12.1 Å². The first-order valence-electron chi connectivity index (χ1n) is 9.95. The number of fused-ring (bicyclic) bond motifs is 1. The predicted molar refractivity (Wildman–Crippen MR) is 98.9 cm³/mol. The predicted octanol–water partition coefficient (Wildman–Crippen LogP) is 2.58. The van der Waals surface area contributed by atoms with E-state index in [1.165, 1.54) is 30.4 Å². The lowest BCUT2D eigenvalue weighted by atomic mass is 9.92. The molecule has 5 heteroatoms. The average molecular weight is 353 g/mol. The van der Waals surface area contributed by atoms with E-state index < -0.39 is 0 Å². The van der Waals surface area contributed by atoms with Crippen molar-refractivity contribution in [2.45, 2.75) is 69.5 Å². The molecule has 2 heterocycles. The quantitative estimate of drug-likeness (QED) is 0.903. The highest BCUT2D eigenvalue weighted by atomic mass is 16.5. The van der Waals surface area contributed by atoms with Crippen LogP contribution in [0, 0.1) is 11.3 Å². The van der Waals surface area contributed by atoms with Crippen LogP contribution in [0.3, 0.4) is 0 Å². The molecule has 3 aliphatic rings. The van der Waals surface area contributed by atoms with E-state index in [1.54, 1.807) is 4.90 Å². The average Bonchev–Trinajstić information content (AvgIpc) is 3.35. The maximum Gasteiger partial charge on any atom is 0.240 e. The molecule has 0 unspecified atom stereocenters. The summed E-state index contributed by atoms with van der Waals surface area (Å²) in [6.07, 6.45) is 8.40. The lowest BCUT2D eigenvalue weighted by Crippen LogP contribution is -2.47. The van der Waals surface area contributed by atoms with Crippen LogP contribution in [0.25, 0.3) is 0 Å². The molecule has 0 saturated carbocycles. The van der Waals surface area contributed by atoms with Crippen molar-refractivity contribution in [3.63, 3.8) is 0 Å². The normalized spacial score (nSPS) is 27.8. The number of likely N-dealkylation sites (tertiary alicyclic amines) is 1. The van der Waals surface area contributed by atoms with Crippen molar-refractivity contribution >= 4 is 5.91 Å². The molecular weight excluding hydrogens is 326 g/mol. The molecule has 26 heavy (non-hydrogen) atoms. The minimum Gasteiger partial charge on any atom is -0.492 e. The van der Waals surface area contributed by atoms with Crippen molar-refractivity contribution in [2.24, 2.45) is 0 Å². The number of carbonyl (C=O) groups excluding carboxylic acids is 1. The summed E-state index contributed by atoms with van der Waals surface area (Å²) >= 11 is 0. The summed E-state index contributed by atoms with van der Waals surface area (Å²) in [5.74, 6) is 1.02. The molecule has 2 saturated heterocycles. The zero-order chi connectivity index (χ0) is 17.9. The van der Waals surface area contributed by atoms with Crippen LogP contribution in [-0.2, 0) is 17.6 Å². The zero-order valence-electron chi connectivity index (χ0n) is 15.2. The summed E-state index contributed by atoms with van der Waals surface area (Å²) in [5, 5.41) is 12.6. The van der Waals surface area contributed by atoms with Gasteiger partial charge in [-0.05, 0) is 74.6 Å². The molecule has 1 aromatic rings. The molecular formula is C21H27N3O2. The van der Waals surface area contributed by atoms with E-state index in [0.29, 0.717) is 13.2 Å². The molecule has 3 atom stereocenters. The molecule has 2 fully saturated rings. The Morgan fingerprint density at radius 1 is 1.19 bits per heavy atom. The van der Waals surface area contributed by atoms with Gasteiger partial charge in [0.25, 0.3) is 0 Å². The van der Waals surface area contributed by atoms with Crippen LogP contribution in [0.2, 0.25) is 0 Å². The van der Waals surface area contributed by atoms with Crippen LogP contribution in [0.1, 0.15) is 49.7 Å². The number of carbonyl (C=O) groups is 1. The second kappa shape index (κ2) is 7.67. The largest absolute Gasteiger partial charge is 0.492 e. The summed E-state index contributed by atoms with van der Waals surface area (Å²) in [6, 6.07) is 8.51. The molecule has 138 valence electrons. The zero-order valence-corrected chi connectivity index (χ0v) is 15.2. The number of nitrogens with zero attached hydrogens (tertiary/aromatic N) is 2. The lowest BCUT2D eigenvalue weighted by Gasteiger charge is -2.24. The Kier molecular flexibility index (Phi) is 5.12. The van der Waals surface area contributed by atoms with Crippen molar-refractivity contribution in [3.8, 4) is 11.8 Å². The van der Waals surface area contributed by atoms with Crippen LogP contribution in [0.15, 0.2) is 18.2 Å². The molecule has 0 radical (unpaired) electrons. The van der Waals surface area contributed by atoms with Gasteiger partial charge in [0.1, 0.15) is 18.4 Å². The third-order valence-corrected chi connectivity index (χ3v) is 5.99. The van der Waals surface area contributed by atoms with Gasteiger partial charge in [-0.1, -0.05) is 6.07 Å². The minimum atomic E-state index is -0.241. The summed E-state index contributed by atoms with van der Waals surface area (Å²) in [5.41, 5.74) is 2.89. The Labute approximate surface area is 155 Å². The highest BCUT2D eigenvalue weighted by Gasteiger charge is 2.36. The van der Waals surface area contributed by atoms with E-state index in [4.69, 9.17) is 4.74 Å². The van der Waals surface area contributed by atoms with Crippen LogP contribution in [0.5, 0.6) is 5.75 Å². The maximum absolute atomic E-state index is 12.7. The lowest BCUT2D eigenvalue weighted by molar-refractivity contribution is -0.133. The number of nitriles is 1. The first-order valence-corrected chi connectivity index (χ1v) is 9.95. The SMILES string of the molecule is N#C[C@@H]1CCCN1C(=O)[C@@H]1CC[C@H](COc2ccc3c(c2)CCCC3)N1. The third-order valence-electron chi connectivity index (χ3n) is 5.99. The fourth-order valence-electron chi connectivity index (χ4n) is 4.51. The fourth-order valence-corrected chi connectivity index (χ4v) is 4.51. The Morgan fingerprint density at radius 3 is 2.88 bits per heavy atom. The molecule has 1 aliphatic carbocycles. The van der Waals surface area contributed by atoms with E-state index in [2.05, 4.69) is 29.6 Å². The minimum absolute atomic E-state index is 0.0883. The van der Waals surface area contributed by atoms with E-state index in [1.807, 2.05) is 0 Å². The Morgan fingerprint density at radius 2 is 2.04 bits per heavy atom. The van der Waals surface area contributed by atoms with Crippen LogP contribution in [-0.4, -0.2) is 42.1 Å². The van der Waals surface area contributed by atoms with E-state index in [-0.39, 0.29) is 24.0 Å². The highest BCUT2D eigenvalue weighted by molar-refractivity contribution is 5.83. The Balaban J connectivity index is 1.29. The van der Waals surface area contributed by atoms with Gasteiger partial charge in [0, 0.05) is 12.6 Å². The molecule has 4 rings (SSSR count). The molecule has 1 N–H and O–H groups in total. The second-order valence-electron chi connectivity index (χ2n) is 7.76. The van der Waals surface area contributed by atoms with Crippen LogP contribution < -0.4 is 10.1 Å². The van der Waals surface area contributed by atoms with Gasteiger partial charge < -0.3 is 9.64 Å². The Hall–Kier alpha value is -2.06. The van der Waals surface area contributed by atoms with Crippen molar-refractivity contribution in [2.75, 3.05) is 13.2 Å². The van der Waals surface area contributed by atoms with Gasteiger partial charge in [0.15, 0.2) is 0 Å². The van der Waals surface area contributed by atoms with Crippen molar-refractivity contribution in [3.05, 3.63) is 29.3 Å². The summed E-state index contributed by atoms with van der Waals surface area (Å²) < 4.78 is 6.01. The first kappa shape index (κ1) is 17.4. The number of nitrogens with one attached hydrogen (secondary N) is 1. The highest BCUT2D eigenvalue weighted by Crippen LogP contribution is 2.26. The van der Waals surface area contributed by atoms with Crippen molar-refractivity contribution < 1.29 is 9.53 Å². The molecule has 0 spiro atoms. The van der Waals surface area contributed by atoms with Gasteiger partial charge >= 0.3 is 0 Å². The maximum atomic E-state index is 12.7. The van der Waals surface area contributed by atoms with Gasteiger partial charge in [-0.2, -0.15) is 5.26 Å². The number of rotatable bonds is 4. The van der Waals surface area contributed by atoms with Gasteiger partial charge in [-0.25, -0.2) is 0 Å². The second-order valence-corrected chi connectivity index (χ2v) is 7.76. The molecule has 1 aromatic carbocycles. The number of aryl methyl sites for hydroxylation is 2. The van der Waals surface area contributed by atoms with Gasteiger partial charge in [0.2, 0.25) is 5.91 Å². The molecule has 5 nitrogen and oxygen atoms in total. The number of ether oxygens (including phenoxy) is 1. The molecule has 0 aromatic heterocycles. The number of benzene rings is 1. The van der Waals surface area contributed by atoms with E-state index in [0.717, 1.165) is 37.9 Å². The summed E-state index contributed by atoms with van der Waals surface area (Å²) in [7, 11) is 0. The fraction of sp³-hybridized carbons (Fsp3) is 0.619. The molecule has 2 aliphatic heterocycles. The Bertz CT molecular complexity index is 712.